The van der Waals surface area contributed by atoms with Gasteiger partial charge in [0.25, 0.3) is 0 Å². The van der Waals surface area contributed by atoms with Gasteiger partial charge in [-0.25, -0.2) is 0 Å². The molecule has 3 aliphatic carbocycles. The van der Waals surface area contributed by atoms with Crippen LogP contribution in [0.5, 0.6) is 0 Å². The fourth-order valence-electron chi connectivity index (χ4n) is 8.68. The second-order valence-electron chi connectivity index (χ2n) is 12.7. The molecule has 0 amide bonds. The highest BCUT2D eigenvalue weighted by atomic mass is 16.4. The van der Waals surface area contributed by atoms with Gasteiger partial charge in [0.2, 0.25) is 0 Å². The van der Waals surface area contributed by atoms with E-state index in [0.29, 0.717) is 5.92 Å². The molecule has 0 bridgehead atoms. The smallest absolute Gasteiger partial charge is 0.306 e. The predicted octanol–water partition coefficient (Wildman–Crippen LogP) is 9.52. The van der Waals surface area contributed by atoms with Crippen molar-refractivity contribution in [3.05, 3.63) is 35.4 Å². The topological polar surface area (TPSA) is 37.3 Å². The molecule has 0 saturated heterocycles. The first-order chi connectivity index (χ1) is 17.0. The average molecular weight is 481 g/mol. The van der Waals surface area contributed by atoms with Crippen LogP contribution in [-0.2, 0) is 10.2 Å². The van der Waals surface area contributed by atoms with Crippen LogP contribution >= 0.6 is 0 Å². The number of carboxylic acids is 1. The Balaban J connectivity index is 1.59. The molecule has 3 aliphatic rings. The van der Waals surface area contributed by atoms with Gasteiger partial charge in [-0.1, -0.05) is 96.4 Å². The van der Waals surface area contributed by atoms with Gasteiger partial charge < -0.3 is 5.11 Å². The summed E-state index contributed by atoms with van der Waals surface area (Å²) in [5.41, 5.74) is 3.41. The molecule has 3 saturated carbocycles. The highest BCUT2D eigenvalue weighted by molar-refractivity contribution is 5.70. The molecule has 0 heterocycles. The summed E-state index contributed by atoms with van der Waals surface area (Å²) in [6.07, 6.45) is 20.3. The van der Waals surface area contributed by atoms with E-state index in [1.807, 2.05) is 0 Å². The molecule has 1 aromatic rings. The molecule has 2 nitrogen and oxygen atoms in total. The van der Waals surface area contributed by atoms with Crippen molar-refractivity contribution in [1.82, 2.24) is 0 Å². The van der Waals surface area contributed by atoms with Crippen LogP contribution in [0.15, 0.2) is 24.3 Å². The molecular formula is C33H52O2. The Morgan fingerprint density at radius 2 is 1.40 bits per heavy atom. The van der Waals surface area contributed by atoms with Crippen molar-refractivity contribution >= 4 is 5.97 Å². The lowest BCUT2D eigenvalue weighted by molar-refractivity contribution is -0.143. The molecule has 0 spiro atoms. The van der Waals surface area contributed by atoms with Crippen LogP contribution in [0.1, 0.15) is 141 Å². The van der Waals surface area contributed by atoms with Gasteiger partial charge >= 0.3 is 5.97 Å². The Bertz CT molecular complexity index is 789. The standard InChI is InChI=1S/C33H52O2/c1-4-8-25-12-16-27(17-13-25)24(3)30-10-6-7-11-31(30)33(22-20-28(21-23-33)32(34)35)29-18-14-26(9-5-2)15-19-29/h6-7,10-11,24-29H,4-5,8-9,12-23H2,1-3H3,(H,34,35). The van der Waals surface area contributed by atoms with Gasteiger partial charge in [-0.2, -0.15) is 0 Å². The van der Waals surface area contributed by atoms with Gasteiger partial charge in [-0.3, -0.25) is 4.79 Å². The Kier molecular flexibility index (Phi) is 9.39. The summed E-state index contributed by atoms with van der Waals surface area (Å²) in [4.78, 5) is 11.8. The van der Waals surface area contributed by atoms with Crippen molar-refractivity contribution in [2.45, 2.75) is 135 Å². The summed E-state index contributed by atoms with van der Waals surface area (Å²) >= 11 is 0. The van der Waals surface area contributed by atoms with Gasteiger partial charge in [0.05, 0.1) is 5.92 Å². The van der Waals surface area contributed by atoms with Gasteiger partial charge in [0.15, 0.2) is 0 Å². The van der Waals surface area contributed by atoms with E-state index in [1.165, 1.54) is 77.0 Å². The lowest BCUT2D eigenvalue weighted by Crippen LogP contribution is -2.43. The maximum Gasteiger partial charge on any atom is 0.306 e. The maximum absolute atomic E-state index is 11.8. The second kappa shape index (κ2) is 12.3. The normalized spacial score (nSPS) is 34.9. The van der Waals surface area contributed by atoms with Crippen molar-refractivity contribution in [2.75, 3.05) is 0 Å². The quantitative estimate of drug-likeness (QED) is 0.382. The van der Waals surface area contributed by atoms with E-state index in [4.69, 9.17) is 0 Å². The molecule has 1 N–H and O–H groups in total. The first-order valence-electron chi connectivity index (χ1n) is 15.3. The highest BCUT2D eigenvalue weighted by Gasteiger charge is 2.46. The van der Waals surface area contributed by atoms with E-state index in [1.54, 1.807) is 11.1 Å². The molecule has 35 heavy (non-hydrogen) atoms. The van der Waals surface area contributed by atoms with Gasteiger partial charge in [0.1, 0.15) is 0 Å². The van der Waals surface area contributed by atoms with Crippen molar-refractivity contribution < 1.29 is 9.90 Å². The van der Waals surface area contributed by atoms with Crippen LogP contribution < -0.4 is 0 Å². The fourth-order valence-corrected chi connectivity index (χ4v) is 8.68. The number of hydrogen-bond acceptors (Lipinski definition) is 1. The number of aliphatic carboxylic acids is 1. The number of carbonyl (C=O) groups is 1. The predicted molar refractivity (Wildman–Crippen MR) is 147 cm³/mol. The first kappa shape index (κ1) is 26.7. The minimum Gasteiger partial charge on any atom is -0.481 e. The molecule has 196 valence electrons. The van der Waals surface area contributed by atoms with Crippen LogP contribution in [0, 0.1) is 29.6 Å². The van der Waals surface area contributed by atoms with Gasteiger partial charge in [0, 0.05) is 0 Å². The summed E-state index contributed by atoms with van der Waals surface area (Å²) in [5, 5.41) is 9.76. The Labute approximate surface area is 215 Å². The van der Waals surface area contributed by atoms with Crippen molar-refractivity contribution in [3.8, 4) is 0 Å². The first-order valence-corrected chi connectivity index (χ1v) is 15.3. The third kappa shape index (κ3) is 5.99. The number of benzene rings is 1. The van der Waals surface area contributed by atoms with Crippen molar-refractivity contribution in [1.29, 1.82) is 0 Å². The molecule has 4 rings (SSSR count). The van der Waals surface area contributed by atoms with E-state index in [0.717, 1.165) is 49.4 Å². The van der Waals surface area contributed by atoms with E-state index >= 15 is 0 Å². The van der Waals surface area contributed by atoms with E-state index in [-0.39, 0.29) is 11.3 Å². The minimum atomic E-state index is -0.573. The molecule has 3 fully saturated rings. The summed E-state index contributed by atoms with van der Waals surface area (Å²) in [6.45, 7) is 7.17. The van der Waals surface area contributed by atoms with E-state index in [9.17, 15) is 9.90 Å². The Morgan fingerprint density at radius 3 is 1.94 bits per heavy atom. The number of carboxylic acid groups (broad SMARTS) is 1. The molecular weight excluding hydrogens is 428 g/mol. The summed E-state index contributed by atoms with van der Waals surface area (Å²) in [6, 6.07) is 9.46. The molecule has 2 heteroatoms. The number of rotatable bonds is 9. The van der Waals surface area contributed by atoms with Crippen LogP contribution in [0.4, 0.5) is 0 Å². The maximum atomic E-state index is 11.8. The highest BCUT2D eigenvalue weighted by Crippen LogP contribution is 2.54. The van der Waals surface area contributed by atoms with Crippen LogP contribution in [0.2, 0.25) is 0 Å². The third-order valence-electron chi connectivity index (χ3n) is 10.8. The fraction of sp³-hybridized carbons (Fsp3) is 0.788. The minimum absolute atomic E-state index is 0.141. The lowest BCUT2D eigenvalue weighted by Gasteiger charge is -2.49. The summed E-state index contributed by atoms with van der Waals surface area (Å²) in [7, 11) is 0. The SMILES string of the molecule is CCCC1CCC(C(C)c2ccccc2C2(C3CCC(CCC)CC3)CCC(C(=O)O)CC2)CC1. The zero-order valence-electron chi connectivity index (χ0n) is 22.9. The lowest BCUT2D eigenvalue weighted by atomic mass is 9.55. The zero-order chi connectivity index (χ0) is 24.8. The molecule has 1 aromatic carbocycles. The zero-order valence-corrected chi connectivity index (χ0v) is 22.9. The third-order valence-corrected chi connectivity index (χ3v) is 10.8. The molecule has 0 aliphatic heterocycles. The van der Waals surface area contributed by atoms with Gasteiger partial charge in [-0.15, -0.1) is 0 Å². The summed E-state index contributed by atoms with van der Waals surface area (Å²) in [5.74, 6) is 3.29. The van der Waals surface area contributed by atoms with Gasteiger partial charge in [-0.05, 0) is 97.5 Å². The largest absolute Gasteiger partial charge is 0.481 e. The van der Waals surface area contributed by atoms with Crippen LogP contribution in [-0.4, -0.2) is 11.1 Å². The number of hydrogen-bond donors (Lipinski definition) is 1. The van der Waals surface area contributed by atoms with E-state index in [2.05, 4.69) is 45.0 Å². The van der Waals surface area contributed by atoms with Crippen LogP contribution in [0.3, 0.4) is 0 Å². The van der Waals surface area contributed by atoms with Crippen molar-refractivity contribution in [2.24, 2.45) is 29.6 Å². The molecule has 0 aromatic heterocycles. The molecule has 1 unspecified atom stereocenters. The summed E-state index contributed by atoms with van der Waals surface area (Å²) < 4.78 is 0. The Morgan fingerprint density at radius 1 is 0.857 bits per heavy atom. The Hall–Kier alpha value is -1.31. The van der Waals surface area contributed by atoms with Crippen molar-refractivity contribution in [3.63, 3.8) is 0 Å². The van der Waals surface area contributed by atoms with E-state index < -0.39 is 5.97 Å². The molecule has 1 atom stereocenters. The molecule has 0 radical (unpaired) electrons. The van der Waals surface area contributed by atoms with Crippen LogP contribution in [0.25, 0.3) is 0 Å². The average Bonchev–Trinajstić information content (AvgIpc) is 2.89. The monoisotopic (exact) mass is 480 g/mol. The second-order valence-corrected chi connectivity index (χ2v) is 12.7.